The van der Waals surface area contributed by atoms with Gasteiger partial charge in [-0.1, -0.05) is 6.92 Å². The van der Waals surface area contributed by atoms with Crippen LogP contribution in [0, 0.1) is 0 Å². The van der Waals surface area contributed by atoms with Crippen molar-refractivity contribution in [1.29, 1.82) is 0 Å². The van der Waals surface area contributed by atoms with Gasteiger partial charge in [0.1, 0.15) is 6.29 Å². The van der Waals surface area contributed by atoms with E-state index in [2.05, 4.69) is 11.7 Å². The molecule has 0 aliphatic carbocycles. The largest absolute Gasteiger partial charge is 0.400 e. The summed E-state index contributed by atoms with van der Waals surface area (Å²) in [7, 11) is 2.68. The molecule has 0 amide bonds. The van der Waals surface area contributed by atoms with Crippen molar-refractivity contribution in [2.24, 2.45) is 5.73 Å². The average molecular weight is 309 g/mol. The molecule has 1 unspecified atom stereocenters. The van der Waals surface area contributed by atoms with Crippen LogP contribution in [0.15, 0.2) is 0 Å². The quantitative estimate of drug-likeness (QED) is 0.468. The minimum Gasteiger partial charge on any atom is -0.400 e. The van der Waals surface area contributed by atoms with Crippen LogP contribution in [0.5, 0.6) is 0 Å². The molecule has 0 aromatic rings. The number of carbonyl (C=O) groups is 1. The van der Waals surface area contributed by atoms with Gasteiger partial charge in [-0.3, -0.25) is 0 Å². The summed E-state index contributed by atoms with van der Waals surface area (Å²) >= 11 is 0. The first-order valence-corrected chi connectivity index (χ1v) is 7.29. The number of methoxy groups -OCH3 is 1. The Morgan fingerprint density at radius 2 is 1.76 bits per heavy atom. The third-order valence-corrected chi connectivity index (χ3v) is 2.32. The molecule has 0 rings (SSSR count). The molecule has 6 heteroatoms. The number of ether oxygens (including phenoxy) is 3. The van der Waals surface area contributed by atoms with E-state index in [1.807, 2.05) is 20.8 Å². The van der Waals surface area contributed by atoms with E-state index >= 15 is 0 Å². The Balaban J connectivity index is -0.000000461. The number of aliphatic hydroxyl groups is 1. The first-order valence-electron chi connectivity index (χ1n) is 7.29. The Bertz CT molecular complexity index is 199. The van der Waals surface area contributed by atoms with E-state index in [4.69, 9.17) is 20.3 Å². The summed E-state index contributed by atoms with van der Waals surface area (Å²) in [6.45, 7) is 10.5. The maximum Gasteiger partial charge on any atom is 0.139 e. The number of rotatable bonds is 10. The normalized spacial score (nSPS) is 11.6. The first-order chi connectivity index (χ1) is 9.93. The molecular weight excluding hydrogens is 274 g/mol. The molecule has 0 aliphatic rings. The highest BCUT2D eigenvalue weighted by Crippen LogP contribution is 2.14. The summed E-state index contributed by atoms with van der Waals surface area (Å²) in [5.41, 5.74) is 5.21. The second kappa shape index (κ2) is 19.5. The number of hydrogen-bond acceptors (Lipinski definition) is 6. The van der Waals surface area contributed by atoms with E-state index < -0.39 is 6.04 Å². The molecule has 1 atom stereocenters. The number of aliphatic hydroxyl groups excluding tert-OH is 1. The standard InChI is InChI=1S/C11H23NO3.C3H8O.CH4O/c1-4-6-15-11(2,3)5-7-14-9-10(12)8-13;1-3-4-2;1-2/h8,10H,4-7,9,12H2,1-3H3;3H2,1-2H3;2H,1H3. The topological polar surface area (TPSA) is 91.0 Å². The lowest BCUT2D eigenvalue weighted by Gasteiger charge is -2.25. The van der Waals surface area contributed by atoms with Gasteiger partial charge in [0.05, 0.1) is 18.2 Å². The van der Waals surface area contributed by atoms with Crippen LogP contribution in [-0.2, 0) is 19.0 Å². The van der Waals surface area contributed by atoms with E-state index in [0.29, 0.717) is 12.9 Å². The maximum absolute atomic E-state index is 10.2. The molecule has 0 bridgehead atoms. The lowest BCUT2D eigenvalue weighted by molar-refractivity contribution is -0.110. The zero-order valence-electron chi connectivity index (χ0n) is 14.6. The Morgan fingerprint density at radius 1 is 1.24 bits per heavy atom. The van der Waals surface area contributed by atoms with Crippen LogP contribution in [-0.4, -0.2) is 63.7 Å². The van der Waals surface area contributed by atoms with Crippen molar-refractivity contribution in [1.82, 2.24) is 0 Å². The fraction of sp³-hybridized carbons (Fsp3) is 0.933. The second-order valence-electron chi connectivity index (χ2n) is 4.81. The smallest absolute Gasteiger partial charge is 0.139 e. The Labute approximate surface area is 129 Å². The lowest BCUT2D eigenvalue weighted by Crippen LogP contribution is -2.30. The Kier molecular flexibility index (Phi) is 23.6. The minimum atomic E-state index is -0.510. The summed E-state index contributed by atoms with van der Waals surface area (Å²) in [5.74, 6) is 0. The average Bonchev–Trinajstić information content (AvgIpc) is 2.51. The van der Waals surface area contributed by atoms with Gasteiger partial charge in [0.15, 0.2) is 0 Å². The number of aldehydes is 1. The van der Waals surface area contributed by atoms with Gasteiger partial charge in [-0.05, 0) is 33.6 Å². The highest BCUT2D eigenvalue weighted by Gasteiger charge is 2.17. The van der Waals surface area contributed by atoms with Crippen molar-refractivity contribution < 1.29 is 24.1 Å². The monoisotopic (exact) mass is 309 g/mol. The van der Waals surface area contributed by atoms with Crippen LogP contribution in [0.25, 0.3) is 0 Å². The molecule has 0 aromatic carbocycles. The van der Waals surface area contributed by atoms with Crippen molar-refractivity contribution >= 4 is 6.29 Å². The summed E-state index contributed by atoms with van der Waals surface area (Å²) in [4.78, 5) is 10.2. The minimum absolute atomic E-state index is 0.165. The number of nitrogens with two attached hydrogens (primary N) is 1. The SMILES string of the molecule is CCCOC(C)(C)CCOCC(N)C=O.CCOC.CO. The molecule has 21 heavy (non-hydrogen) atoms. The molecule has 0 heterocycles. The van der Waals surface area contributed by atoms with Crippen LogP contribution in [0.2, 0.25) is 0 Å². The van der Waals surface area contributed by atoms with E-state index in [1.54, 1.807) is 7.11 Å². The Hall–Kier alpha value is -0.530. The molecule has 0 saturated carbocycles. The third-order valence-electron chi connectivity index (χ3n) is 2.32. The van der Waals surface area contributed by atoms with Gasteiger partial charge >= 0.3 is 0 Å². The van der Waals surface area contributed by atoms with Crippen molar-refractivity contribution in [2.75, 3.05) is 40.6 Å². The van der Waals surface area contributed by atoms with Gasteiger partial charge in [-0.2, -0.15) is 0 Å². The van der Waals surface area contributed by atoms with Crippen LogP contribution in [0.3, 0.4) is 0 Å². The molecule has 130 valence electrons. The fourth-order valence-corrected chi connectivity index (χ4v) is 1.03. The molecule has 0 fully saturated rings. The van der Waals surface area contributed by atoms with Gasteiger partial charge in [0.2, 0.25) is 0 Å². The molecule has 0 saturated heterocycles. The molecule has 0 aliphatic heterocycles. The van der Waals surface area contributed by atoms with Crippen molar-refractivity contribution in [3.63, 3.8) is 0 Å². The Morgan fingerprint density at radius 3 is 2.14 bits per heavy atom. The predicted molar refractivity (Wildman–Crippen MR) is 85.5 cm³/mol. The highest BCUT2D eigenvalue weighted by molar-refractivity contribution is 5.57. The van der Waals surface area contributed by atoms with Gasteiger partial charge in [-0.25, -0.2) is 0 Å². The lowest BCUT2D eigenvalue weighted by atomic mass is 10.1. The summed E-state index contributed by atoms with van der Waals surface area (Å²) in [6, 6.07) is -0.510. The van der Waals surface area contributed by atoms with Crippen molar-refractivity contribution in [2.45, 2.75) is 52.2 Å². The van der Waals surface area contributed by atoms with Gasteiger partial charge < -0.3 is 29.8 Å². The molecule has 6 nitrogen and oxygen atoms in total. The fourth-order valence-electron chi connectivity index (χ4n) is 1.03. The van der Waals surface area contributed by atoms with Gasteiger partial charge in [-0.15, -0.1) is 0 Å². The van der Waals surface area contributed by atoms with Crippen LogP contribution >= 0.6 is 0 Å². The van der Waals surface area contributed by atoms with Crippen LogP contribution in [0.4, 0.5) is 0 Å². The molecule has 0 aromatic heterocycles. The van der Waals surface area contributed by atoms with Gasteiger partial charge in [0.25, 0.3) is 0 Å². The summed E-state index contributed by atoms with van der Waals surface area (Å²) < 4.78 is 15.4. The molecule has 0 radical (unpaired) electrons. The van der Waals surface area contributed by atoms with Crippen molar-refractivity contribution in [3.8, 4) is 0 Å². The van der Waals surface area contributed by atoms with Crippen LogP contribution < -0.4 is 5.73 Å². The first kappa shape index (κ1) is 25.4. The predicted octanol–water partition coefficient (Wildman–Crippen LogP) is 1.39. The third kappa shape index (κ3) is 24.8. The van der Waals surface area contributed by atoms with Crippen molar-refractivity contribution in [3.05, 3.63) is 0 Å². The number of carbonyl (C=O) groups excluding carboxylic acids is 1. The summed E-state index contributed by atoms with van der Waals surface area (Å²) in [5, 5.41) is 7.00. The number of hydrogen-bond donors (Lipinski definition) is 2. The second-order valence-corrected chi connectivity index (χ2v) is 4.81. The zero-order valence-corrected chi connectivity index (χ0v) is 14.6. The molecule has 3 N–H and O–H groups in total. The maximum atomic E-state index is 10.2. The highest BCUT2D eigenvalue weighted by atomic mass is 16.5. The van der Waals surface area contributed by atoms with E-state index in [-0.39, 0.29) is 12.2 Å². The van der Waals surface area contributed by atoms with E-state index in [9.17, 15) is 4.79 Å². The van der Waals surface area contributed by atoms with E-state index in [0.717, 1.165) is 33.2 Å². The van der Waals surface area contributed by atoms with E-state index in [1.165, 1.54) is 0 Å². The van der Waals surface area contributed by atoms with Crippen LogP contribution in [0.1, 0.15) is 40.5 Å². The summed E-state index contributed by atoms with van der Waals surface area (Å²) in [6.07, 6.45) is 2.51. The molecule has 0 spiro atoms. The van der Waals surface area contributed by atoms with Gasteiger partial charge in [0, 0.05) is 34.0 Å². The molecular formula is C15H35NO5. The zero-order chi connectivity index (χ0) is 17.1.